The van der Waals surface area contributed by atoms with E-state index in [-0.39, 0.29) is 29.9 Å². The minimum atomic E-state index is -0.682. The highest BCUT2D eigenvalue weighted by Crippen LogP contribution is 2.28. The Balaban J connectivity index is 1.26. The van der Waals surface area contributed by atoms with Crippen LogP contribution >= 0.6 is 0 Å². The van der Waals surface area contributed by atoms with E-state index >= 15 is 0 Å². The van der Waals surface area contributed by atoms with Crippen molar-refractivity contribution in [3.63, 3.8) is 0 Å². The fourth-order valence-corrected chi connectivity index (χ4v) is 5.73. The molecule has 5 rings (SSSR count). The highest BCUT2D eigenvalue weighted by atomic mass is 16.5. The average molecular weight is 599 g/mol. The van der Waals surface area contributed by atoms with E-state index in [0.717, 1.165) is 50.5 Å². The van der Waals surface area contributed by atoms with E-state index in [2.05, 4.69) is 61.1 Å². The molecule has 2 amide bonds. The van der Waals surface area contributed by atoms with Gasteiger partial charge < -0.3 is 30.9 Å². The van der Waals surface area contributed by atoms with Crippen molar-refractivity contribution in [2.24, 2.45) is 5.73 Å². The number of piperazine rings is 1. The van der Waals surface area contributed by atoms with Gasteiger partial charge in [-0.15, -0.1) is 0 Å². The number of aryl methyl sites for hydroxylation is 1. The molecule has 1 aromatic heterocycles. The van der Waals surface area contributed by atoms with Crippen molar-refractivity contribution >= 4 is 34.7 Å². The summed E-state index contributed by atoms with van der Waals surface area (Å²) < 4.78 is 6.08. The van der Waals surface area contributed by atoms with Gasteiger partial charge in [0.25, 0.3) is 5.91 Å². The monoisotopic (exact) mass is 598 g/mol. The van der Waals surface area contributed by atoms with Crippen LogP contribution in [0.2, 0.25) is 0 Å². The molecule has 2 aliphatic rings. The molecule has 232 valence electrons. The van der Waals surface area contributed by atoms with Crippen LogP contribution in [-0.2, 0) is 17.8 Å². The number of likely N-dealkylation sites (N-methyl/N-ethyl adjacent to an activating group) is 1. The molecule has 44 heavy (non-hydrogen) atoms. The van der Waals surface area contributed by atoms with E-state index in [1.54, 1.807) is 6.07 Å². The summed E-state index contributed by atoms with van der Waals surface area (Å²) >= 11 is 0. The lowest BCUT2D eigenvalue weighted by molar-refractivity contribution is -0.111. The molecule has 11 heteroatoms. The molecule has 11 nitrogen and oxygen atoms in total. The van der Waals surface area contributed by atoms with Crippen LogP contribution in [0.5, 0.6) is 5.88 Å². The Bertz CT molecular complexity index is 1460. The second-order valence-corrected chi connectivity index (χ2v) is 11.3. The van der Waals surface area contributed by atoms with Gasteiger partial charge >= 0.3 is 0 Å². The van der Waals surface area contributed by atoms with Gasteiger partial charge in [0.15, 0.2) is 11.5 Å². The van der Waals surface area contributed by atoms with Gasteiger partial charge in [-0.05, 0) is 62.7 Å². The molecule has 0 bridgehead atoms. The number of nitrogens with zero attached hydrogens (tertiary/aromatic N) is 5. The highest BCUT2D eigenvalue weighted by molar-refractivity contribution is 5.99. The average Bonchev–Trinajstić information content (AvgIpc) is 3.05. The first-order valence-corrected chi connectivity index (χ1v) is 15.2. The number of carbonyl (C=O) groups excluding carboxylic acids is 2. The number of nitrogens with two attached hydrogens (primary N) is 1. The van der Waals surface area contributed by atoms with Crippen molar-refractivity contribution in [1.29, 1.82) is 0 Å². The Morgan fingerprint density at radius 1 is 1.02 bits per heavy atom. The van der Waals surface area contributed by atoms with Crippen LogP contribution in [0, 0.1) is 0 Å². The Kier molecular flexibility index (Phi) is 10.1. The molecule has 0 atom stereocenters. The van der Waals surface area contributed by atoms with E-state index in [1.165, 1.54) is 24.6 Å². The van der Waals surface area contributed by atoms with Gasteiger partial charge in [0, 0.05) is 67.9 Å². The summed E-state index contributed by atoms with van der Waals surface area (Å²) in [5.41, 5.74) is 9.53. The summed E-state index contributed by atoms with van der Waals surface area (Å²) in [4.78, 5) is 40.8. The van der Waals surface area contributed by atoms with E-state index in [4.69, 9.17) is 10.5 Å². The van der Waals surface area contributed by atoms with Crippen molar-refractivity contribution in [2.45, 2.75) is 38.8 Å². The fourth-order valence-electron chi connectivity index (χ4n) is 5.73. The maximum atomic E-state index is 12.3. The van der Waals surface area contributed by atoms with Crippen molar-refractivity contribution in [3.05, 3.63) is 78.1 Å². The zero-order valence-electron chi connectivity index (χ0n) is 25.6. The number of aromatic nitrogens is 2. The standard InChI is InChI=1S/C33H42N8O3/c1-4-27-33(44-22-23-8-6-7-9-28(23)36-29(42)5-2)38-32(30(37-27)31(34)43)35-24-10-12-25(13-11-24)40-16-14-26(15-17-40)41-20-18-39(3)19-21-41/h5-13,26H,2,4,14-22H2,1,3H3,(H2,34,43)(H,35,38)(H,36,42). The highest BCUT2D eigenvalue weighted by Gasteiger charge is 2.27. The predicted molar refractivity (Wildman–Crippen MR) is 174 cm³/mol. The number of anilines is 4. The minimum absolute atomic E-state index is 0.0444. The van der Waals surface area contributed by atoms with Gasteiger partial charge in [0.2, 0.25) is 11.8 Å². The van der Waals surface area contributed by atoms with Crippen LogP contribution in [0.1, 0.15) is 41.5 Å². The molecule has 3 heterocycles. The number of rotatable bonds is 11. The third-order valence-electron chi connectivity index (χ3n) is 8.34. The lowest BCUT2D eigenvalue weighted by atomic mass is 10.0. The van der Waals surface area contributed by atoms with Crippen LogP contribution in [-0.4, -0.2) is 83.9 Å². The summed E-state index contributed by atoms with van der Waals surface area (Å²) in [5, 5.41) is 6.01. The first-order valence-electron chi connectivity index (χ1n) is 15.2. The molecule has 4 N–H and O–H groups in total. The normalized spacial score (nSPS) is 16.4. The van der Waals surface area contributed by atoms with Crippen LogP contribution in [0.15, 0.2) is 61.2 Å². The number of nitrogens with one attached hydrogen (secondary N) is 2. The van der Waals surface area contributed by atoms with Gasteiger partial charge in [-0.2, -0.15) is 4.98 Å². The van der Waals surface area contributed by atoms with Gasteiger partial charge in [-0.25, -0.2) is 4.98 Å². The van der Waals surface area contributed by atoms with Crippen LogP contribution in [0.3, 0.4) is 0 Å². The summed E-state index contributed by atoms with van der Waals surface area (Å²) in [5.74, 6) is -0.494. The third-order valence-corrected chi connectivity index (χ3v) is 8.34. The van der Waals surface area contributed by atoms with Crippen LogP contribution < -0.4 is 26.0 Å². The Morgan fingerprint density at radius 3 is 2.39 bits per heavy atom. The fraction of sp³-hybridized carbons (Fsp3) is 0.394. The molecular weight excluding hydrogens is 556 g/mol. The zero-order chi connectivity index (χ0) is 31.1. The van der Waals surface area contributed by atoms with Crippen LogP contribution in [0.4, 0.5) is 22.9 Å². The Morgan fingerprint density at radius 2 is 1.73 bits per heavy atom. The minimum Gasteiger partial charge on any atom is -0.471 e. The summed E-state index contributed by atoms with van der Waals surface area (Å²) in [7, 11) is 2.20. The predicted octanol–water partition coefficient (Wildman–Crippen LogP) is 3.80. The van der Waals surface area contributed by atoms with E-state index in [0.29, 0.717) is 23.8 Å². The zero-order valence-corrected chi connectivity index (χ0v) is 25.6. The molecule has 0 saturated carbocycles. The van der Waals surface area contributed by atoms with Crippen LogP contribution in [0.25, 0.3) is 0 Å². The molecule has 3 aromatic rings. The number of primary amides is 1. The number of hydrogen-bond donors (Lipinski definition) is 3. The molecular formula is C33H42N8O3. The number of benzene rings is 2. The van der Waals surface area contributed by atoms with Gasteiger partial charge in [-0.1, -0.05) is 31.7 Å². The van der Waals surface area contributed by atoms with Gasteiger partial charge in [0.05, 0.1) is 0 Å². The number of ether oxygens (including phenoxy) is 1. The first-order chi connectivity index (χ1) is 21.3. The number of amides is 2. The molecule has 2 fully saturated rings. The van der Waals surface area contributed by atoms with E-state index < -0.39 is 5.91 Å². The third kappa shape index (κ3) is 7.53. The first kappa shape index (κ1) is 31.0. The van der Waals surface area contributed by atoms with Crippen molar-refractivity contribution in [3.8, 4) is 5.88 Å². The lowest BCUT2D eigenvalue weighted by Crippen LogP contribution is -2.52. The molecule has 0 spiro atoms. The van der Waals surface area contributed by atoms with Gasteiger partial charge in [-0.3, -0.25) is 14.5 Å². The van der Waals surface area contributed by atoms with E-state index in [9.17, 15) is 9.59 Å². The van der Waals surface area contributed by atoms with Crippen molar-refractivity contribution < 1.29 is 14.3 Å². The summed E-state index contributed by atoms with van der Waals surface area (Å²) in [6, 6.07) is 16.1. The SMILES string of the molecule is C=CC(=O)Nc1ccccc1COc1nc(Nc2ccc(N3CCC(N4CCN(C)CC4)CC3)cc2)c(C(N)=O)nc1CC. The quantitative estimate of drug-likeness (QED) is 0.282. The Labute approximate surface area is 259 Å². The molecule has 0 radical (unpaired) electrons. The van der Waals surface area contributed by atoms with Crippen molar-refractivity contribution in [2.75, 3.05) is 61.8 Å². The number of hydrogen-bond acceptors (Lipinski definition) is 9. The number of carbonyl (C=O) groups is 2. The summed E-state index contributed by atoms with van der Waals surface area (Å²) in [6.07, 6.45) is 4.03. The maximum absolute atomic E-state index is 12.3. The second kappa shape index (κ2) is 14.3. The van der Waals surface area contributed by atoms with E-state index in [1.807, 2.05) is 37.3 Å². The largest absolute Gasteiger partial charge is 0.471 e. The number of piperidine rings is 1. The molecule has 2 aliphatic heterocycles. The molecule has 0 aliphatic carbocycles. The number of para-hydroxylation sites is 1. The second-order valence-electron chi connectivity index (χ2n) is 11.3. The van der Waals surface area contributed by atoms with Crippen molar-refractivity contribution in [1.82, 2.24) is 19.8 Å². The topological polar surface area (TPSA) is 129 Å². The van der Waals surface area contributed by atoms with Gasteiger partial charge in [0.1, 0.15) is 12.3 Å². The molecule has 2 aromatic carbocycles. The summed E-state index contributed by atoms with van der Waals surface area (Å²) in [6.45, 7) is 12.2. The molecule has 0 unspecified atom stereocenters. The maximum Gasteiger partial charge on any atom is 0.271 e. The Hall–Kier alpha value is -4.48. The molecule has 2 saturated heterocycles. The lowest BCUT2D eigenvalue weighted by Gasteiger charge is -2.42. The smallest absolute Gasteiger partial charge is 0.271 e.